The zero-order chi connectivity index (χ0) is 19.2. The number of nitrogens with one attached hydrogen (secondary N) is 1. The third-order valence-electron chi connectivity index (χ3n) is 4.05. The third kappa shape index (κ3) is 4.24. The van der Waals surface area contributed by atoms with Crippen molar-refractivity contribution in [2.24, 2.45) is 0 Å². The summed E-state index contributed by atoms with van der Waals surface area (Å²) in [7, 11) is 0. The molecule has 0 aliphatic rings. The predicted octanol–water partition coefficient (Wildman–Crippen LogP) is 3.76. The summed E-state index contributed by atoms with van der Waals surface area (Å²) in [4.78, 5) is 35.5. The number of benzene rings is 3. The normalized spacial score (nSPS) is 10.2. The van der Waals surface area contributed by atoms with Crippen LogP contribution in [0.4, 0.5) is 5.69 Å². The van der Waals surface area contributed by atoms with Crippen LogP contribution in [0.2, 0.25) is 0 Å². The highest BCUT2D eigenvalue weighted by Gasteiger charge is 2.17. The van der Waals surface area contributed by atoms with Gasteiger partial charge in [0.15, 0.2) is 5.78 Å². The van der Waals surface area contributed by atoms with Gasteiger partial charge in [-0.05, 0) is 11.6 Å². The Kier molecular flexibility index (Phi) is 5.37. The minimum absolute atomic E-state index is 0.0103. The molecular weight excluding hydrogens is 344 g/mol. The molecule has 0 spiro atoms. The molecule has 0 aliphatic carbocycles. The zero-order valence-electron chi connectivity index (χ0n) is 14.3. The van der Waals surface area contributed by atoms with Crippen LogP contribution in [0.3, 0.4) is 0 Å². The highest BCUT2D eigenvalue weighted by Crippen LogP contribution is 2.16. The molecule has 3 rings (SSSR count). The minimum Gasteiger partial charge on any atom is -0.348 e. The summed E-state index contributed by atoms with van der Waals surface area (Å²) in [5.41, 5.74) is 1.83. The van der Waals surface area contributed by atoms with E-state index in [-0.39, 0.29) is 29.5 Å². The van der Waals surface area contributed by atoms with E-state index in [1.54, 1.807) is 60.7 Å². The third-order valence-corrected chi connectivity index (χ3v) is 4.05. The summed E-state index contributed by atoms with van der Waals surface area (Å²) in [5.74, 6) is -0.607. The van der Waals surface area contributed by atoms with E-state index < -0.39 is 4.92 Å². The van der Waals surface area contributed by atoms with Crippen molar-refractivity contribution >= 4 is 17.4 Å². The number of hydrogen-bond donors (Lipinski definition) is 1. The van der Waals surface area contributed by atoms with Gasteiger partial charge in [0.2, 0.25) is 0 Å². The Morgan fingerprint density at radius 2 is 1.41 bits per heavy atom. The maximum absolute atomic E-state index is 12.7. The van der Waals surface area contributed by atoms with Crippen molar-refractivity contribution in [2.45, 2.75) is 6.54 Å². The first kappa shape index (κ1) is 18.0. The van der Waals surface area contributed by atoms with Crippen molar-refractivity contribution in [2.75, 3.05) is 0 Å². The van der Waals surface area contributed by atoms with Crippen molar-refractivity contribution < 1.29 is 14.5 Å². The van der Waals surface area contributed by atoms with Gasteiger partial charge in [0.25, 0.3) is 11.6 Å². The van der Waals surface area contributed by atoms with E-state index in [0.29, 0.717) is 11.1 Å². The Morgan fingerprint density at radius 3 is 2.04 bits per heavy atom. The lowest BCUT2D eigenvalue weighted by atomic mass is 9.98. The summed E-state index contributed by atoms with van der Waals surface area (Å²) >= 11 is 0. The number of nitro benzene ring substituents is 1. The molecule has 134 valence electrons. The summed E-state index contributed by atoms with van der Waals surface area (Å²) in [5, 5.41) is 13.4. The van der Waals surface area contributed by atoms with Gasteiger partial charge in [-0.25, -0.2) is 0 Å². The van der Waals surface area contributed by atoms with Gasteiger partial charge in [0.05, 0.1) is 10.5 Å². The molecule has 0 saturated carbocycles. The van der Waals surface area contributed by atoms with E-state index >= 15 is 0 Å². The van der Waals surface area contributed by atoms with Gasteiger partial charge in [-0.3, -0.25) is 19.7 Å². The molecule has 0 heterocycles. The van der Waals surface area contributed by atoms with Crippen LogP contribution in [0, 0.1) is 10.1 Å². The molecule has 0 unspecified atom stereocenters. The molecule has 6 heteroatoms. The van der Waals surface area contributed by atoms with E-state index in [9.17, 15) is 19.7 Å². The van der Waals surface area contributed by atoms with E-state index in [2.05, 4.69) is 5.32 Å². The summed E-state index contributed by atoms with van der Waals surface area (Å²) in [6.45, 7) is 0.199. The molecule has 3 aromatic carbocycles. The standard InChI is InChI=1S/C21H16N2O4/c24-20(16-6-2-1-3-7-16)18-8-4-5-9-19(18)21(25)22-14-15-10-12-17(13-11-15)23(26)27/h1-13H,14H2,(H,22,25). The van der Waals surface area contributed by atoms with Gasteiger partial charge in [-0.2, -0.15) is 0 Å². The topological polar surface area (TPSA) is 89.3 Å². The molecule has 0 aromatic heterocycles. The highest BCUT2D eigenvalue weighted by molar-refractivity contribution is 6.15. The predicted molar refractivity (Wildman–Crippen MR) is 101 cm³/mol. The van der Waals surface area contributed by atoms with Crippen LogP contribution in [0.1, 0.15) is 31.8 Å². The number of amides is 1. The van der Waals surface area contributed by atoms with E-state index in [4.69, 9.17) is 0 Å². The Morgan fingerprint density at radius 1 is 0.815 bits per heavy atom. The Labute approximate surface area is 155 Å². The zero-order valence-corrected chi connectivity index (χ0v) is 14.3. The fourth-order valence-electron chi connectivity index (χ4n) is 2.64. The number of carbonyl (C=O) groups excluding carboxylic acids is 2. The van der Waals surface area contributed by atoms with Crippen molar-refractivity contribution in [3.63, 3.8) is 0 Å². The molecular formula is C21H16N2O4. The quantitative estimate of drug-likeness (QED) is 0.412. The lowest BCUT2D eigenvalue weighted by Crippen LogP contribution is -2.25. The van der Waals surface area contributed by atoms with Crippen molar-refractivity contribution in [3.05, 3.63) is 111 Å². The van der Waals surface area contributed by atoms with Crippen LogP contribution in [0.5, 0.6) is 0 Å². The van der Waals surface area contributed by atoms with Gasteiger partial charge in [-0.1, -0.05) is 60.7 Å². The lowest BCUT2D eigenvalue weighted by Gasteiger charge is -2.10. The number of non-ortho nitro benzene ring substituents is 1. The number of carbonyl (C=O) groups is 2. The maximum atomic E-state index is 12.7. The molecule has 0 atom stereocenters. The molecule has 1 N–H and O–H groups in total. The Hall–Kier alpha value is -3.80. The van der Waals surface area contributed by atoms with E-state index in [1.165, 1.54) is 12.1 Å². The molecule has 0 radical (unpaired) electrons. The smallest absolute Gasteiger partial charge is 0.269 e. The fraction of sp³-hybridized carbons (Fsp3) is 0.0476. The summed E-state index contributed by atoms with van der Waals surface area (Å²) in [6, 6.07) is 21.3. The number of ketones is 1. The van der Waals surface area contributed by atoms with Crippen molar-refractivity contribution in [1.29, 1.82) is 0 Å². The van der Waals surface area contributed by atoms with Crippen molar-refractivity contribution in [1.82, 2.24) is 5.32 Å². The monoisotopic (exact) mass is 360 g/mol. The second-order valence-electron chi connectivity index (χ2n) is 5.85. The van der Waals surface area contributed by atoms with Gasteiger partial charge in [0, 0.05) is 29.8 Å². The Bertz CT molecular complexity index is 983. The summed E-state index contributed by atoms with van der Waals surface area (Å²) in [6.07, 6.45) is 0. The van der Waals surface area contributed by atoms with Crippen LogP contribution in [-0.4, -0.2) is 16.6 Å². The first-order chi connectivity index (χ1) is 13.1. The molecule has 0 saturated heterocycles. The van der Waals surface area contributed by atoms with Crippen LogP contribution >= 0.6 is 0 Å². The average molecular weight is 360 g/mol. The first-order valence-corrected chi connectivity index (χ1v) is 8.26. The molecule has 6 nitrogen and oxygen atoms in total. The van der Waals surface area contributed by atoms with Gasteiger partial charge in [0.1, 0.15) is 0 Å². The van der Waals surface area contributed by atoms with E-state index in [1.807, 2.05) is 6.07 Å². The number of rotatable bonds is 6. The van der Waals surface area contributed by atoms with Crippen LogP contribution in [0.15, 0.2) is 78.9 Å². The molecule has 0 bridgehead atoms. The highest BCUT2D eigenvalue weighted by atomic mass is 16.6. The molecule has 27 heavy (non-hydrogen) atoms. The Balaban J connectivity index is 1.75. The SMILES string of the molecule is O=C(NCc1ccc([N+](=O)[O-])cc1)c1ccccc1C(=O)c1ccccc1. The average Bonchev–Trinajstić information content (AvgIpc) is 2.72. The number of nitrogens with zero attached hydrogens (tertiary/aromatic N) is 1. The summed E-state index contributed by atoms with van der Waals surface area (Å²) < 4.78 is 0. The largest absolute Gasteiger partial charge is 0.348 e. The second kappa shape index (κ2) is 8.05. The maximum Gasteiger partial charge on any atom is 0.269 e. The van der Waals surface area contributed by atoms with Crippen LogP contribution < -0.4 is 5.32 Å². The molecule has 0 aliphatic heterocycles. The molecule has 3 aromatic rings. The number of hydrogen-bond acceptors (Lipinski definition) is 4. The van der Waals surface area contributed by atoms with E-state index in [0.717, 1.165) is 5.56 Å². The van der Waals surface area contributed by atoms with Crippen LogP contribution in [-0.2, 0) is 6.54 Å². The molecule has 1 amide bonds. The van der Waals surface area contributed by atoms with Gasteiger partial charge >= 0.3 is 0 Å². The fourth-order valence-corrected chi connectivity index (χ4v) is 2.64. The first-order valence-electron chi connectivity index (χ1n) is 8.26. The minimum atomic E-state index is -0.478. The van der Waals surface area contributed by atoms with Crippen molar-refractivity contribution in [3.8, 4) is 0 Å². The van der Waals surface area contributed by atoms with Crippen LogP contribution in [0.25, 0.3) is 0 Å². The van der Waals surface area contributed by atoms with Gasteiger partial charge < -0.3 is 5.32 Å². The lowest BCUT2D eigenvalue weighted by molar-refractivity contribution is -0.384. The second-order valence-corrected chi connectivity index (χ2v) is 5.85. The van der Waals surface area contributed by atoms with Gasteiger partial charge in [-0.15, -0.1) is 0 Å². The number of nitro groups is 1. The molecule has 0 fully saturated rings.